The van der Waals surface area contributed by atoms with E-state index in [1.807, 2.05) is 42.5 Å². The van der Waals surface area contributed by atoms with Crippen molar-refractivity contribution in [3.8, 4) is 59.2 Å². The van der Waals surface area contributed by atoms with Gasteiger partial charge in [-0.25, -0.2) is 0 Å². The van der Waals surface area contributed by atoms with Crippen LogP contribution in [0.2, 0.25) is 30.2 Å². The van der Waals surface area contributed by atoms with E-state index in [1.165, 1.54) is 80.1 Å². The second-order valence-corrected chi connectivity index (χ2v) is 42.5. The Kier molecular flexibility index (Phi) is 32.6. The van der Waals surface area contributed by atoms with Gasteiger partial charge in [0.15, 0.2) is 5.41 Å². The van der Waals surface area contributed by atoms with Gasteiger partial charge in [0.2, 0.25) is 22.1 Å². The normalized spacial score (nSPS) is 16.7. The number of aromatic nitrogens is 8. The third kappa shape index (κ3) is 25.5. The summed E-state index contributed by atoms with van der Waals surface area (Å²) in [5, 5.41) is 80.9. The summed E-state index contributed by atoms with van der Waals surface area (Å²) in [6, 6.07) is 48.6. The number of nitrogens with two attached hydrogens (primary N) is 1. The van der Waals surface area contributed by atoms with E-state index < -0.39 is 37.1 Å². The number of carbonyl (C=O) groups excluding carboxylic acids is 4. The van der Waals surface area contributed by atoms with Crippen molar-refractivity contribution in [2.75, 3.05) is 74.1 Å². The van der Waals surface area contributed by atoms with Crippen LogP contribution in [0.1, 0.15) is 177 Å². The molecular formula is C96H102Cl5N11O13S2Si. The van der Waals surface area contributed by atoms with Gasteiger partial charge < -0.3 is 55.8 Å². The highest BCUT2D eigenvalue weighted by Crippen LogP contribution is 2.51. The lowest BCUT2D eigenvalue weighted by atomic mass is 10.1. The third-order valence-electron chi connectivity index (χ3n) is 23.2. The average Bonchev–Trinajstić information content (AvgIpc) is 1.69. The molecule has 2 aromatic heterocycles. The van der Waals surface area contributed by atoms with Gasteiger partial charge in [-0.3, -0.25) is 24.0 Å². The van der Waals surface area contributed by atoms with Gasteiger partial charge in [0, 0.05) is 28.7 Å². The van der Waals surface area contributed by atoms with Crippen LogP contribution < -0.4 is 26.7 Å². The maximum Gasteiger partial charge on any atom is 0.323 e. The van der Waals surface area contributed by atoms with E-state index in [1.54, 1.807) is 62.4 Å². The number of amides is 2. The van der Waals surface area contributed by atoms with Crippen molar-refractivity contribution in [3.05, 3.63) is 205 Å². The smallest absolute Gasteiger partial charge is 0.323 e. The molecule has 2 heterocycles. The minimum absolute atomic E-state index is 0.00123. The topological polar surface area (TPSA) is 351 Å². The van der Waals surface area contributed by atoms with Crippen LogP contribution in [-0.2, 0) is 37.9 Å². The summed E-state index contributed by atoms with van der Waals surface area (Å²) in [7, 11) is -2.45. The lowest BCUT2D eigenvalue weighted by Gasteiger charge is -2.43. The number of hydrogen-bond acceptors (Lipinski definition) is 21. The first kappa shape index (κ1) is 97.3. The standard InChI is InChI=1S/C24H19Cl2N5O3S.C24H21Cl2N5O2S.C21H28O2Si.C12H12ClNO.C9H14O4.C6H8O/c25-17-11-14(7-8-24(9-10-24)22(33)34)1-5-19(17)27-21(32)13-35-23-28-29-30-31(23)20-6-4-16(12-18(20)26)15-2-3-15;25-18-11-15(7-8-24(14-32)9-10-24)1-5-20(18)27-22(33)13-34-23-28-29-30-31(23)21-6-4-17(12-19(21)26)16-2-3-16;1-20(2,3)24(18-10-6-4-7-11-18,19-12-8-5-9-13-19)23-17-21(16-22)14-15-21;13-10-7-9(1-2-11(10)14)3-4-12(8-15)5-6-12;1-3-12-7(10)9(5-6-9)8(11)13-4-2;1-2-6(5-7)3-4-6/h1,4-6,11-12,15H,2-3,9-10,13H2,(H,27,32)(H,33,34);1,4-6,11-12,16,32H,2-3,9-10,13-14H2,(H,27,33);4-13,22H,14-17H2,1-3H3;1-2,7,15H,5-6,8,14H2;3-6H2,1-2H3;1,7H,3-5H2. The van der Waals surface area contributed by atoms with Gasteiger partial charge in [-0.15, -0.1) is 16.6 Å². The molecule has 0 bridgehead atoms. The monoisotopic (exact) mass is 1880 g/mol. The zero-order valence-corrected chi connectivity index (χ0v) is 78.1. The molecule has 0 saturated heterocycles. The first-order valence-electron chi connectivity index (χ1n) is 42.4. The van der Waals surface area contributed by atoms with E-state index in [4.69, 9.17) is 94.3 Å². The Bertz CT molecular complexity index is 5690. The second-order valence-electron chi connectivity index (χ2n) is 34.2. The molecule has 0 aliphatic heterocycles. The lowest BCUT2D eigenvalue weighted by Crippen LogP contribution is -2.67. The number of rotatable bonds is 26. The zero-order valence-electron chi connectivity index (χ0n) is 71.7. The van der Waals surface area contributed by atoms with Crippen LogP contribution in [-0.4, -0.2) is 162 Å². The SMILES string of the molecule is C#CC1(CO)CC1.CC(C)(C)[Si](OCC1(CO)CC1)(c1ccccc1)c1ccccc1.CCOC(=O)C1(C(=O)OCC)CC1.Nc1ccc(C#CC2(CO)CC2)cc1Cl.O=C(CSc1nnnn1-c1ccc(C2CC2)cc1Cl)Nc1ccc(C#CC2(C(=O)O)CC2)cc1Cl.O=C(CSc1nnnn1-c1ccc(C2CC2)cc1Cl)Nc1ccc(C#CC2(CO)CC2)cc1Cl. The van der Waals surface area contributed by atoms with Crippen molar-refractivity contribution in [3.63, 3.8) is 0 Å². The largest absolute Gasteiger partial charge is 0.480 e. The van der Waals surface area contributed by atoms with Crippen molar-refractivity contribution in [1.29, 1.82) is 0 Å². The molecule has 24 nitrogen and oxygen atoms in total. The van der Waals surface area contributed by atoms with Crippen molar-refractivity contribution >= 4 is 147 Å². The van der Waals surface area contributed by atoms with E-state index in [0.29, 0.717) is 127 Å². The molecule has 0 radical (unpaired) electrons. The molecule has 9 N–H and O–H groups in total. The Morgan fingerprint density at radius 3 is 1.26 bits per heavy atom. The van der Waals surface area contributed by atoms with Crippen LogP contribution in [0.3, 0.4) is 0 Å². The third-order valence-corrected chi connectivity index (χ3v) is 31.6. The van der Waals surface area contributed by atoms with Crippen LogP contribution >= 0.6 is 81.5 Å². The summed E-state index contributed by atoms with van der Waals surface area (Å²) in [4.78, 5) is 59.0. The molecular weight excluding hydrogens is 1780 g/mol. The van der Waals surface area contributed by atoms with Gasteiger partial charge in [-0.1, -0.05) is 217 Å². The molecule has 7 aromatic carbocycles. The summed E-state index contributed by atoms with van der Waals surface area (Å²) in [5.74, 6) is 19.5. The lowest BCUT2D eigenvalue weighted by molar-refractivity contribution is -0.164. The molecule has 0 unspecified atom stereocenters. The fourth-order valence-corrected chi connectivity index (χ4v) is 20.7. The number of aliphatic hydroxyl groups excluding tert-OH is 4. The molecule has 32 heteroatoms. The number of nitrogens with zero attached hydrogens (tertiary/aromatic N) is 8. The number of ether oxygens (including phenoxy) is 2. The molecule has 670 valence electrons. The van der Waals surface area contributed by atoms with Crippen LogP contribution in [0.5, 0.6) is 0 Å². The number of carboxylic acids is 1. The van der Waals surface area contributed by atoms with Crippen LogP contribution in [0.25, 0.3) is 11.4 Å². The number of terminal acetylenes is 1. The van der Waals surface area contributed by atoms with Gasteiger partial charge in [-0.2, -0.15) is 9.36 Å². The number of nitrogens with one attached hydrogen (secondary N) is 2. The number of halogens is 5. The Hall–Kier alpha value is -9.76. The van der Waals surface area contributed by atoms with E-state index in [0.717, 1.165) is 62.5 Å². The molecule has 8 fully saturated rings. The molecule has 9 aromatic rings. The highest BCUT2D eigenvalue weighted by Gasteiger charge is 2.60. The number of anilines is 3. The van der Waals surface area contributed by atoms with Gasteiger partial charge >= 0.3 is 17.9 Å². The molecule has 128 heavy (non-hydrogen) atoms. The van der Waals surface area contributed by atoms with Gasteiger partial charge in [0.25, 0.3) is 8.32 Å². The van der Waals surface area contributed by atoms with Crippen LogP contribution in [0, 0.1) is 80.4 Å². The Labute approximate surface area is 780 Å². The van der Waals surface area contributed by atoms with Gasteiger partial charge in [0.05, 0.1) is 121 Å². The number of carbonyl (C=O) groups is 5. The Morgan fingerprint density at radius 1 is 0.523 bits per heavy atom. The van der Waals surface area contributed by atoms with E-state index in [9.17, 15) is 39.3 Å². The quantitative estimate of drug-likeness (QED) is 0.00623. The highest BCUT2D eigenvalue weighted by molar-refractivity contribution is 8.00. The first-order valence-corrected chi connectivity index (χ1v) is 48.2. The van der Waals surface area contributed by atoms with E-state index in [2.05, 4.69) is 165 Å². The van der Waals surface area contributed by atoms with Crippen molar-refractivity contribution in [2.24, 2.45) is 32.5 Å². The Morgan fingerprint density at radius 2 is 0.938 bits per heavy atom. The number of esters is 2. The number of benzene rings is 7. The molecule has 8 aliphatic rings. The summed E-state index contributed by atoms with van der Waals surface area (Å²) >= 11 is 33.9. The predicted molar refractivity (Wildman–Crippen MR) is 502 cm³/mol. The molecule has 0 spiro atoms. The minimum atomic E-state index is -2.45. The number of aliphatic hydroxyl groups is 4. The van der Waals surface area contributed by atoms with Crippen molar-refractivity contribution in [1.82, 2.24) is 40.4 Å². The van der Waals surface area contributed by atoms with Crippen molar-refractivity contribution in [2.45, 2.75) is 165 Å². The highest BCUT2D eigenvalue weighted by atomic mass is 35.5. The second kappa shape index (κ2) is 42.9. The van der Waals surface area contributed by atoms with E-state index in [-0.39, 0.29) is 76.4 Å². The molecule has 8 aliphatic carbocycles. The molecule has 2 amide bonds. The van der Waals surface area contributed by atoms with Gasteiger partial charge in [-0.05, 0) is 255 Å². The zero-order chi connectivity index (χ0) is 91.7. The predicted octanol–water partition coefficient (Wildman–Crippen LogP) is 16.2. The fourth-order valence-electron chi connectivity index (χ4n) is 13.5. The molecule has 8 saturated carbocycles. The summed E-state index contributed by atoms with van der Waals surface area (Å²) < 4.78 is 19.5. The van der Waals surface area contributed by atoms with Gasteiger partial charge in [0.1, 0.15) is 5.41 Å². The fraction of sp³-hybridized carbons (Fsp3) is 0.406. The number of nitrogen functional groups attached to an aromatic ring is 1. The number of carboxylic acid groups (broad SMARTS) is 1. The van der Waals surface area contributed by atoms with Crippen molar-refractivity contribution < 1.29 is 63.4 Å². The number of thioether (sulfide) groups is 2. The number of aliphatic carboxylic acids is 1. The summed E-state index contributed by atoms with van der Waals surface area (Å²) in [6.45, 7) is 12.2. The summed E-state index contributed by atoms with van der Waals surface area (Å²) in [5.41, 5.74) is 10.6. The van der Waals surface area contributed by atoms with Crippen LogP contribution in [0.15, 0.2) is 162 Å². The average molecular weight is 1890 g/mol. The molecule has 0 atom stereocenters. The van der Waals surface area contributed by atoms with E-state index >= 15 is 0 Å². The molecule has 17 rings (SSSR count). The first-order chi connectivity index (χ1) is 61.4. The maximum absolute atomic E-state index is 12.5. The number of tetrazole rings is 2. The maximum atomic E-state index is 12.5. The minimum Gasteiger partial charge on any atom is -0.480 e. The summed E-state index contributed by atoms with van der Waals surface area (Å²) in [6.07, 6.45) is 20.0. The number of hydrogen-bond donors (Lipinski definition) is 8. The Balaban J connectivity index is 0.000000148. The van der Waals surface area contributed by atoms with Crippen LogP contribution in [0.4, 0.5) is 17.1 Å².